The molecule has 0 radical (unpaired) electrons. The van der Waals surface area contributed by atoms with Gasteiger partial charge in [0.15, 0.2) is 5.82 Å². The average Bonchev–Trinajstić information content (AvgIpc) is 2.87. The van der Waals surface area contributed by atoms with Crippen LogP contribution in [0.1, 0.15) is 18.4 Å². The van der Waals surface area contributed by atoms with Gasteiger partial charge in [-0.2, -0.15) is 0 Å². The summed E-state index contributed by atoms with van der Waals surface area (Å²) in [4.78, 5) is 23.9. The maximum Gasteiger partial charge on any atom is 0.223 e. The van der Waals surface area contributed by atoms with E-state index in [0.29, 0.717) is 18.1 Å². The van der Waals surface area contributed by atoms with Crippen LogP contribution in [0, 0.1) is 11.7 Å². The molecule has 3 aromatic rings. The molecule has 172 valence electrons. The van der Waals surface area contributed by atoms with E-state index in [4.69, 9.17) is 9.47 Å². The highest BCUT2D eigenvalue weighted by Crippen LogP contribution is 2.26. The van der Waals surface area contributed by atoms with E-state index in [1.165, 1.54) is 12.1 Å². The van der Waals surface area contributed by atoms with Gasteiger partial charge < -0.3 is 19.7 Å². The fourth-order valence-corrected chi connectivity index (χ4v) is 3.98. The van der Waals surface area contributed by atoms with Gasteiger partial charge in [0, 0.05) is 42.9 Å². The predicted octanol–water partition coefficient (Wildman–Crippen LogP) is 3.83. The highest BCUT2D eigenvalue weighted by molar-refractivity contribution is 5.79. The molecule has 2 aromatic carbocycles. The van der Waals surface area contributed by atoms with Crippen molar-refractivity contribution in [3.8, 4) is 22.9 Å². The Labute approximate surface area is 192 Å². The first-order valence-corrected chi connectivity index (χ1v) is 10.9. The quantitative estimate of drug-likeness (QED) is 0.590. The first-order valence-electron chi connectivity index (χ1n) is 10.9. The zero-order valence-electron chi connectivity index (χ0n) is 18.8. The normalized spacial score (nSPS) is 14.1. The zero-order chi connectivity index (χ0) is 23.2. The van der Waals surface area contributed by atoms with Crippen LogP contribution in [0.25, 0.3) is 11.4 Å². The smallest absolute Gasteiger partial charge is 0.223 e. The summed E-state index contributed by atoms with van der Waals surface area (Å²) in [7, 11) is 3.22. The molecule has 0 bridgehead atoms. The molecule has 1 aromatic heterocycles. The molecule has 0 unspecified atom stereocenters. The molecule has 1 N–H and O–H groups in total. The number of benzene rings is 2. The molecule has 0 aliphatic carbocycles. The van der Waals surface area contributed by atoms with Gasteiger partial charge in [0.1, 0.15) is 23.1 Å². The summed E-state index contributed by atoms with van der Waals surface area (Å²) in [6, 6.07) is 13.5. The second-order valence-corrected chi connectivity index (χ2v) is 7.90. The molecular weight excluding hydrogens is 423 g/mol. The largest absolute Gasteiger partial charge is 0.497 e. The van der Waals surface area contributed by atoms with Crippen LogP contribution in [0.4, 0.5) is 10.2 Å². The van der Waals surface area contributed by atoms with Gasteiger partial charge in [0.2, 0.25) is 5.91 Å². The lowest BCUT2D eigenvalue weighted by Crippen LogP contribution is -2.40. The highest BCUT2D eigenvalue weighted by Gasteiger charge is 2.26. The number of nitrogens with zero attached hydrogens (tertiary/aromatic N) is 3. The molecule has 33 heavy (non-hydrogen) atoms. The molecule has 0 atom stereocenters. The summed E-state index contributed by atoms with van der Waals surface area (Å²) in [5.74, 6) is 2.49. The minimum absolute atomic E-state index is 0.0363. The Morgan fingerprint density at radius 2 is 1.85 bits per heavy atom. The van der Waals surface area contributed by atoms with Crippen molar-refractivity contribution in [2.75, 3.05) is 32.2 Å². The van der Waals surface area contributed by atoms with Gasteiger partial charge in [-0.25, -0.2) is 14.4 Å². The second kappa shape index (κ2) is 10.3. The van der Waals surface area contributed by atoms with Crippen LogP contribution in [0.2, 0.25) is 0 Å². The van der Waals surface area contributed by atoms with E-state index >= 15 is 0 Å². The Kier molecular flexibility index (Phi) is 7.02. The second-order valence-electron chi connectivity index (χ2n) is 7.90. The van der Waals surface area contributed by atoms with Crippen molar-refractivity contribution < 1.29 is 18.7 Å². The summed E-state index contributed by atoms with van der Waals surface area (Å²) < 4.78 is 23.9. The van der Waals surface area contributed by atoms with Gasteiger partial charge in [0.05, 0.1) is 14.2 Å². The van der Waals surface area contributed by atoms with Crippen molar-refractivity contribution in [2.45, 2.75) is 19.4 Å². The molecule has 2 heterocycles. The average molecular weight is 451 g/mol. The summed E-state index contributed by atoms with van der Waals surface area (Å²) in [5.41, 5.74) is 1.64. The fraction of sp³-hybridized carbons (Fsp3) is 0.320. The van der Waals surface area contributed by atoms with Gasteiger partial charge in [0.25, 0.3) is 0 Å². The number of nitrogens with one attached hydrogen (secondary N) is 1. The van der Waals surface area contributed by atoms with Crippen LogP contribution in [0.15, 0.2) is 54.7 Å². The van der Waals surface area contributed by atoms with Crippen molar-refractivity contribution >= 4 is 11.7 Å². The maximum absolute atomic E-state index is 13.2. The Hall–Kier alpha value is -3.68. The van der Waals surface area contributed by atoms with Crippen molar-refractivity contribution in [3.63, 3.8) is 0 Å². The third-order valence-electron chi connectivity index (χ3n) is 5.87. The van der Waals surface area contributed by atoms with E-state index in [1.54, 1.807) is 32.5 Å². The summed E-state index contributed by atoms with van der Waals surface area (Å²) in [5, 5.41) is 3.04. The number of rotatable bonds is 7. The number of ether oxygens (including phenoxy) is 2. The number of methoxy groups -OCH3 is 2. The van der Waals surface area contributed by atoms with Gasteiger partial charge in [-0.15, -0.1) is 0 Å². The Balaban J connectivity index is 1.34. The summed E-state index contributed by atoms with van der Waals surface area (Å²) in [6.45, 7) is 1.83. The van der Waals surface area contributed by atoms with E-state index in [9.17, 15) is 9.18 Å². The molecule has 1 aliphatic rings. The molecule has 1 fully saturated rings. The van der Waals surface area contributed by atoms with Crippen LogP contribution in [0.3, 0.4) is 0 Å². The van der Waals surface area contributed by atoms with Crippen molar-refractivity contribution in [1.29, 1.82) is 0 Å². The van der Waals surface area contributed by atoms with Gasteiger partial charge in [-0.05, 0) is 61.4 Å². The van der Waals surface area contributed by atoms with E-state index in [0.717, 1.165) is 48.6 Å². The molecule has 4 rings (SSSR count). The maximum atomic E-state index is 13.2. The molecule has 0 saturated carbocycles. The van der Waals surface area contributed by atoms with Crippen molar-refractivity contribution in [3.05, 3.63) is 66.1 Å². The Morgan fingerprint density at radius 1 is 1.09 bits per heavy atom. The number of halogens is 1. The topological polar surface area (TPSA) is 76.6 Å². The first kappa shape index (κ1) is 22.5. The Morgan fingerprint density at radius 3 is 2.55 bits per heavy atom. The third kappa shape index (κ3) is 5.39. The first-order chi connectivity index (χ1) is 16.1. The SMILES string of the molecule is COc1ccc(OC)c(CNC(=O)C2CCN(c3ccnc(-c4ccc(F)cc4)n3)CC2)c1. The van der Waals surface area contributed by atoms with E-state index in [-0.39, 0.29) is 17.6 Å². The minimum Gasteiger partial charge on any atom is -0.497 e. The zero-order valence-corrected chi connectivity index (χ0v) is 18.8. The summed E-state index contributed by atoms with van der Waals surface area (Å²) in [6.07, 6.45) is 3.18. The molecule has 1 amide bonds. The van der Waals surface area contributed by atoms with Gasteiger partial charge in [-0.1, -0.05) is 0 Å². The lowest BCUT2D eigenvalue weighted by molar-refractivity contribution is -0.125. The number of hydrogen-bond acceptors (Lipinski definition) is 6. The van der Waals surface area contributed by atoms with Crippen molar-refractivity contribution in [1.82, 2.24) is 15.3 Å². The molecule has 1 aliphatic heterocycles. The van der Waals surface area contributed by atoms with Gasteiger partial charge >= 0.3 is 0 Å². The molecule has 7 nitrogen and oxygen atoms in total. The molecule has 0 spiro atoms. The lowest BCUT2D eigenvalue weighted by Gasteiger charge is -2.32. The van der Waals surface area contributed by atoms with Crippen LogP contribution < -0.4 is 19.7 Å². The minimum atomic E-state index is -0.292. The third-order valence-corrected chi connectivity index (χ3v) is 5.87. The van der Waals surface area contributed by atoms with Crippen molar-refractivity contribution in [2.24, 2.45) is 5.92 Å². The number of piperidine rings is 1. The molecular formula is C25H27FN4O3. The predicted molar refractivity (Wildman–Crippen MR) is 124 cm³/mol. The van der Waals surface area contributed by atoms with Crippen LogP contribution in [0.5, 0.6) is 11.5 Å². The van der Waals surface area contributed by atoms with Crippen LogP contribution >= 0.6 is 0 Å². The van der Waals surface area contributed by atoms with Crippen LogP contribution in [-0.2, 0) is 11.3 Å². The number of anilines is 1. The molecule has 8 heteroatoms. The number of hydrogen-bond donors (Lipinski definition) is 1. The number of amides is 1. The monoisotopic (exact) mass is 450 g/mol. The van der Waals surface area contributed by atoms with Gasteiger partial charge in [-0.3, -0.25) is 4.79 Å². The number of carbonyl (C=O) groups excluding carboxylic acids is 1. The Bertz CT molecular complexity index is 1100. The highest BCUT2D eigenvalue weighted by atomic mass is 19.1. The number of aromatic nitrogens is 2. The van der Waals surface area contributed by atoms with E-state index in [1.807, 2.05) is 24.3 Å². The van der Waals surface area contributed by atoms with E-state index < -0.39 is 0 Å². The fourth-order valence-electron chi connectivity index (χ4n) is 3.98. The summed E-state index contributed by atoms with van der Waals surface area (Å²) >= 11 is 0. The number of carbonyl (C=O) groups is 1. The van der Waals surface area contributed by atoms with E-state index in [2.05, 4.69) is 20.2 Å². The molecule has 1 saturated heterocycles. The lowest BCUT2D eigenvalue weighted by atomic mass is 9.95. The standard InChI is InChI=1S/C25H27FN4O3/c1-32-21-7-8-22(33-2)19(15-21)16-28-25(31)18-10-13-30(14-11-18)23-9-12-27-24(29-23)17-3-5-20(26)6-4-17/h3-9,12,15,18H,10-11,13-14,16H2,1-2H3,(H,28,31). The van der Waals surface area contributed by atoms with Crippen LogP contribution in [-0.4, -0.2) is 43.2 Å².